The third-order valence-corrected chi connectivity index (χ3v) is 10.8. The van der Waals surface area contributed by atoms with Crippen molar-refractivity contribution < 1.29 is 43.6 Å². The van der Waals surface area contributed by atoms with Gasteiger partial charge in [0.2, 0.25) is 5.78 Å². The zero-order chi connectivity index (χ0) is 29.1. The Balaban J connectivity index is 1.53. The number of esters is 1. The summed E-state index contributed by atoms with van der Waals surface area (Å²) in [6, 6.07) is 0. The topological polar surface area (TPSA) is 138 Å². The number of hydrogen-bond donors (Lipinski definition) is 3. The highest BCUT2D eigenvalue weighted by Crippen LogP contribution is 2.70. The summed E-state index contributed by atoms with van der Waals surface area (Å²) in [5.74, 6) is -5.33. The normalized spacial score (nSPS) is 42.5. The highest BCUT2D eigenvalue weighted by atomic mass is 19.1. The van der Waals surface area contributed by atoms with Crippen molar-refractivity contribution in [3.05, 3.63) is 23.8 Å². The standard InChI is InChI=1S/C30H41FO8/c1-16(25(35)36)6-7-17(2)26(37)39-15-24(34)30(38)18(3)12-22-21-9-8-19-13-20(32)10-11-27(19,4)29(21,31)23(33)14-28(22,30)5/h10-11,13,16-18,21-23,33,38H,6-9,12,14-15H2,1-5H3,(H,35,36)/t16?,17?,18-,21+,22+,23+,27+,28+,29+,30+/m1/s1. The second-order valence-electron chi connectivity index (χ2n) is 12.9. The largest absolute Gasteiger partial charge is 0.481 e. The molecule has 0 bridgehead atoms. The number of aliphatic hydroxyl groups is 2. The van der Waals surface area contributed by atoms with Gasteiger partial charge in [-0.15, -0.1) is 0 Å². The van der Waals surface area contributed by atoms with Crippen LogP contribution in [0.3, 0.4) is 0 Å². The number of rotatable bonds is 8. The molecule has 0 aromatic rings. The molecule has 4 aliphatic rings. The summed E-state index contributed by atoms with van der Waals surface area (Å²) in [5.41, 5.74) is -5.66. The number of fused-ring (bicyclic) bond motifs is 5. The van der Waals surface area contributed by atoms with E-state index in [9.17, 15) is 29.4 Å². The molecule has 0 spiro atoms. The van der Waals surface area contributed by atoms with E-state index in [1.54, 1.807) is 40.7 Å². The van der Waals surface area contributed by atoms with Crippen LogP contribution in [0.5, 0.6) is 0 Å². The van der Waals surface area contributed by atoms with Gasteiger partial charge in [0, 0.05) is 16.7 Å². The van der Waals surface area contributed by atoms with Gasteiger partial charge in [-0.25, -0.2) is 4.39 Å². The van der Waals surface area contributed by atoms with Gasteiger partial charge >= 0.3 is 11.9 Å². The van der Waals surface area contributed by atoms with E-state index in [2.05, 4.69) is 0 Å². The maximum absolute atomic E-state index is 17.2. The van der Waals surface area contributed by atoms with Gasteiger partial charge < -0.3 is 20.1 Å². The van der Waals surface area contributed by atoms with Crippen LogP contribution in [0.4, 0.5) is 4.39 Å². The summed E-state index contributed by atoms with van der Waals surface area (Å²) in [6.45, 7) is 7.68. The Morgan fingerprint density at radius 1 is 1.15 bits per heavy atom. The maximum atomic E-state index is 17.2. The SMILES string of the molecule is CC(CCC(C)C(=O)OCC(=O)[C@@]1(O)[C@H](C)C[C@H]2[C@@H]3CCC4=CC(=O)C=C[C@]4(C)[C@@]3(F)[C@@H](O)C[C@@]21C)C(=O)O. The fraction of sp³-hybridized carbons (Fsp3) is 0.733. The molecule has 0 aliphatic heterocycles. The van der Waals surface area contributed by atoms with E-state index in [0.29, 0.717) is 24.8 Å². The van der Waals surface area contributed by atoms with Crippen LogP contribution in [0.1, 0.15) is 73.1 Å². The van der Waals surface area contributed by atoms with Gasteiger partial charge in [-0.2, -0.15) is 0 Å². The molecule has 4 aliphatic carbocycles. The number of ketones is 2. The number of allylic oxidation sites excluding steroid dienone is 4. The monoisotopic (exact) mass is 548 g/mol. The van der Waals surface area contributed by atoms with Crippen molar-refractivity contribution in [3.63, 3.8) is 0 Å². The number of carboxylic acids is 1. The Labute approximate surface area is 228 Å². The van der Waals surface area contributed by atoms with Crippen molar-refractivity contribution in [2.45, 2.75) is 90.5 Å². The van der Waals surface area contributed by atoms with Crippen molar-refractivity contribution in [3.8, 4) is 0 Å². The number of carboxylic acid groups (broad SMARTS) is 1. The number of aliphatic carboxylic acids is 1. The van der Waals surface area contributed by atoms with E-state index in [4.69, 9.17) is 9.84 Å². The van der Waals surface area contributed by atoms with Crippen LogP contribution < -0.4 is 0 Å². The lowest BCUT2D eigenvalue weighted by Gasteiger charge is -2.62. The Kier molecular flexibility index (Phi) is 7.52. The molecule has 0 amide bonds. The van der Waals surface area contributed by atoms with Crippen LogP contribution in [0.2, 0.25) is 0 Å². The van der Waals surface area contributed by atoms with Gasteiger partial charge in [-0.3, -0.25) is 19.2 Å². The van der Waals surface area contributed by atoms with E-state index in [-0.39, 0.29) is 25.0 Å². The molecule has 8 nitrogen and oxygen atoms in total. The zero-order valence-corrected chi connectivity index (χ0v) is 23.4. The van der Waals surface area contributed by atoms with E-state index in [1.165, 1.54) is 12.2 Å². The summed E-state index contributed by atoms with van der Waals surface area (Å²) >= 11 is 0. The molecular formula is C30H41FO8. The number of alkyl halides is 1. The molecule has 10 atom stereocenters. The average Bonchev–Trinajstić information content (AvgIpc) is 3.07. The lowest BCUT2D eigenvalue weighted by Crippen LogP contribution is -2.69. The highest BCUT2D eigenvalue weighted by molar-refractivity contribution is 6.01. The number of Topliss-reactive ketones (excluding diaryl/α,β-unsaturated/α-hetero) is 1. The van der Waals surface area contributed by atoms with Gasteiger partial charge in [0.25, 0.3) is 0 Å². The van der Waals surface area contributed by atoms with Crippen molar-refractivity contribution in [2.75, 3.05) is 6.61 Å². The molecule has 4 rings (SSSR count). The molecule has 3 saturated carbocycles. The molecule has 9 heteroatoms. The van der Waals surface area contributed by atoms with Crippen LogP contribution in [0, 0.1) is 40.4 Å². The summed E-state index contributed by atoms with van der Waals surface area (Å²) in [4.78, 5) is 49.1. The van der Waals surface area contributed by atoms with Crippen LogP contribution in [0.15, 0.2) is 23.8 Å². The Bertz CT molecular complexity index is 1130. The molecule has 0 aromatic carbocycles. The fourth-order valence-electron chi connectivity index (χ4n) is 8.27. The first kappa shape index (κ1) is 29.6. The Morgan fingerprint density at radius 2 is 1.79 bits per heavy atom. The number of aliphatic hydroxyl groups excluding tert-OH is 1. The van der Waals surface area contributed by atoms with Crippen LogP contribution >= 0.6 is 0 Å². The number of carbonyl (C=O) groups is 4. The number of carbonyl (C=O) groups excluding carboxylic acids is 3. The molecule has 3 fully saturated rings. The summed E-state index contributed by atoms with van der Waals surface area (Å²) in [7, 11) is 0. The van der Waals surface area contributed by atoms with Crippen LogP contribution in [-0.4, -0.2) is 62.8 Å². The van der Waals surface area contributed by atoms with Crippen LogP contribution in [-0.2, 0) is 23.9 Å². The summed E-state index contributed by atoms with van der Waals surface area (Å²) in [6.07, 6.45) is 4.54. The predicted molar refractivity (Wildman–Crippen MR) is 139 cm³/mol. The molecule has 0 radical (unpaired) electrons. The third-order valence-electron chi connectivity index (χ3n) is 10.8. The van der Waals surface area contributed by atoms with E-state index >= 15 is 4.39 Å². The second kappa shape index (κ2) is 9.91. The van der Waals surface area contributed by atoms with Crippen LogP contribution in [0.25, 0.3) is 0 Å². The van der Waals surface area contributed by atoms with Crippen molar-refractivity contribution in [1.29, 1.82) is 0 Å². The Morgan fingerprint density at radius 3 is 2.44 bits per heavy atom. The third kappa shape index (κ3) is 4.22. The molecule has 0 aromatic heterocycles. The van der Waals surface area contributed by atoms with Gasteiger partial charge in [-0.05, 0) is 69.4 Å². The zero-order valence-electron chi connectivity index (χ0n) is 23.4. The molecular weight excluding hydrogens is 507 g/mol. The Hall–Kier alpha value is -2.39. The first-order valence-corrected chi connectivity index (χ1v) is 14.0. The molecule has 216 valence electrons. The van der Waals surface area contributed by atoms with Gasteiger partial charge in [-0.1, -0.05) is 39.3 Å². The first-order chi connectivity index (χ1) is 18.0. The highest BCUT2D eigenvalue weighted by Gasteiger charge is 2.75. The lowest BCUT2D eigenvalue weighted by molar-refractivity contribution is -0.220. The number of hydrogen-bond acceptors (Lipinski definition) is 7. The average molecular weight is 549 g/mol. The molecule has 0 heterocycles. The van der Waals surface area contributed by atoms with Crippen molar-refractivity contribution in [2.24, 2.45) is 40.4 Å². The second-order valence-corrected chi connectivity index (χ2v) is 12.9. The fourth-order valence-corrected chi connectivity index (χ4v) is 8.27. The van der Waals surface area contributed by atoms with Gasteiger partial charge in [0.1, 0.15) is 5.60 Å². The maximum Gasteiger partial charge on any atom is 0.309 e. The van der Waals surface area contributed by atoms with Gasteiger partial charge in [0.05, 0.1) is 17.9 Å². The smallest absolute Gasteiger partial charge is 0.309 e. The summed E-state index contributed by atoms with van der Waals surface area (Å²) < 4.78 is 22.5. The number of halogens is 1. The van der Waals surface area contributed by atoms with Crippen molar-refractivity contribution >= 4 is 23.5 Å². The predicted octanol–water partition coefficient (Wildman–Crippen LogP) is 3.58. The molecule has 39 heavy (non-hydrogen) atoms. The van der Waals surface area contributed by atoms with Gasteiger partial charge in [0.15, 0.2) is 18.1 Å². The molecule has 3 N–H and O–H groups in total. The molecule has 0 saturated heterocycles. The number of ether oxygens (including phenoxy) is 1. The minimum atomic E-state index is -2.07. The minimum absolute atomic E-state index is 0.153. The first-order valence-electron chi connectivity index (χ1n) is 14.0. The lowest BCUT2D eigenvalue weighted by atomic mass is 9.44. The van der Waals surface area contributed by atoms with E-state index in [1.807, 2.05) is 0 Å². The summed E-state index contributed by atoms with van der Waals surface area (Å²) in [5, 5.41) is 32.4. The molecule has 2 unspecified atom stereocenters. The van der Waals surface area contributed by atoms with Crippen molar-refractivity contribution in [1.82, 2.24) is 0 Å². The quantitative estimate of drug-likeness (QED) is 0.391. The van der Waals surface area contributed by atoms with E-state index in [0.717, 1.165) is 0 Å². The minimum Gasteiger partial charge on any atom is -0.481 e. The van der Waals surface area contributed by atoms with E-state index < -0.39 is 82.1 Å².